The van der Waals surface area contributed by atoms with Crippen LogP contribution in [0.15, 0.2) is 18.2 Å². The summed E-state index contributed by atoms with van der Waals surface area (Å²) in [6.07, 6.45) is 5.76. The van der Waals surface area contributed by atoms with Crippen molar-refractivity contribution in [2.75, 3.05) is 0 Å². The van der Waals surface area contributed by atoms with Gasteiger partial charge in [-0.1, -0.05) is 19.4 Å². The summed E-state index contributed by atoms with van der Waals surface area (Å²) in [6, 6.07) is 5.87. The molecule has 1 fully saturated rings. The van der Waals surface area contributed by atoms with Crippen molar-refractivity contribution in [3.63, 3.8) is 0 Å². The van der Waals surface area contributed by atoms with E-state index < -0.39 is 5.97 Å². The van der Waals surface area contributed by atoms with Gasteiger partial charge in [0.1, 0.15) is 11.3 Å². The third-order valence-corrected chi connectivity index (χ3v) is 4.74. The largest absolute Gasteiger partial charge is 0.478 e. The van der Waals surface area contributed by atoms with Gasteiger partial charge in [-0.25, -0.2) is 9.78 Å². The number of hydrogen-bond donors (Lipinski definition) is 1. The summed E-state index contributed by atoms with van der Waals surface area (Å²) < 4.78 is 2.29. The Balaban J connectivity index is 2.17. The standard InChI is InChI=1S/C17H22N2O2/c1-3-6-15-18-16-13(17(20)21)9-5-10-14(16)19(15)11(2)12-7-4-8-12/h5,9-12H,3-4,6-8H2,1-2H3,(H,20,21). The second kappa shape index (κ2) is 5.51. The Morgan fingerprint density at radius 2 is 2.24 bits per heavy atom. The van der Waals surface area contributed by atoms with E-state index in [1.54, 1.807) is 6.07 Å². The molecule has 3 rings (SSSR count). The van der Waals surface area contributed by atoms with Crippen LogP contribution < -0.4 is 0 Å². The highest BCUT2D eigenvalue weighted by Gasteiger charge is 2.28. The molecule has 1 unspecified atom stereocenters. The summed E-state index contributed by atoms with van der Waals surface area (Å²) in [4.78, 5) is 16.1. The van der Waals surface area contributed by atoms with Crippen LogP contribution >= 0.6 is 0 Å². The SMILES string of the molecule is CCCc1nc2c(C(=O)O)cccc2n1C(C)C1CCC1. The van der Waals surface area contributed by atoms with E-state index in [-0.39, 0.29) is 0 Å². The van der Waals surface area contributed by atoms with Gasteiger partial charge in [0.25, 0.3) is 0 Å². The minimum absolute atomic E-state index is 0.310. The van der Waals surface area contributed by atoms with Crippen molar-refractivity contribution in [1.82, 2.24) is 9.55 Å². The molecule has 1 saturated carbocycles. The molecule has 21 heavy (non-hydrogen) atoms. The van der Waals surface area contributed by atoms with Gasteiger partial charge in [-0.15, -0.1) is 0 Å². The Labute approximate surface area is 124 Å². The fourth-order valence-corrected chi connectivity index (χ4v) is 3.33. The lowest BCUT2D eigenvalue weighted by Gasteiger charge is -2.33. The number of aryl methyl sites for hydroxylation is 1. The van der Waals surface area contributed by atoms with Crippen molar-refractivity contribution < 1.29 is 9.90 Å². The van der Waals surface area contributed by atoms with Crippen LogP contribution in [0.25, 0.3) is 11.0 Å². The summed E-state index contributed by atoms with van der Waals surface area (Å²) in [5, 5.41) is 9.37. The number of carboxylic acid groups (broad SMARTS) is 1. The van der Waals surface area contributed by atoms with Crippen LogP contribution in [0.5, 0.6) is 0 Å². The lowest BCUT2D eigenvalue weighted by Crippen LogP contribution is -2.24. The van der Waals surface area contributed by atoms with Gasteiger partial charge in [0.2, 0.25) is 0 Å². The minimum Gasteiger partial charge on any atom is -0.478 e. The fraction of sp³-hybridized carbons (Fsp3) is 0.529. The van der Waals surface area contributed by atoms with Crippen molar-refractivity contribution in [2.24, 2.45) is 5.92 Å². The van der Waals surface area contributed by atoms with Crippen molar-refractivity contribution in [3.05, 3.63) is 29.6 Å². The molecule has 4 heteroatoms. The maximum absolute atomic E-state index is 11.4. The monoisotopic (exact) mass is 286 g/mol. The highest BCUT2D eigenvalue weighted by atomic mass is 16.4. The number of aromatic carboxylic acids is 1. The number of nitrogens with zero attached hydrogens (tertiary/aromatic N) is 2. The van der Waals surface area contributed by atoms with E-state index in [9.17, 15) is 9.90 Å². The molecule has 0 bridgehead atoms. The maximum atomic E-state index is 11.4. The average Bonchev–Trinajstić information content (AvgIpc) is 2.74. The van der Waals surface area contributed by atoms with E-state index >= 15 is 0 Å². The van der Waals surface area contributed by atoms with Crippen molar-refractivity contribution in [2.45, 2.75) is 52.0 Å². The number of para-hydroxylation sites is 1. The predicted octanol–water partition coefficient (Wildman–Crippen LogP) is 4.05. The molecule has 1 aromatic carbocycles. The zero-order valence-electron chi connectivity index (χ0n) is 12.7. The number of imidazole rings is 1. The molecule has 1 aliphatic carbocycles. The fourth-order valence-electron chi connectivity index (χ4n) is 3.33. The van der Waals surface area contributed by atoms with Gasteiger partial charge in [0.15, 0.2) is 0 Å². The lowest BCUT2D eigenvalue weighted by molar-refractivity contribution is 0.0699. The Morgan fingerprint density at radius 3 is 2.81 bits per heavy atom. The molecule has 1 atom stereocenters. The summed E-state index contributed by atoms with van der Waals surface area (Å²) >= 11 is 0. The van der Waals surface area contributed by atoms with Crippen LogP contribution in [-0.2, 0) is 6.42 Å². The molecule has 4 nitrogen and oxygen atoms in total. The first-order chi connectivity index (χ1) is 10.1. The van der Waals surface area contributed by atoms with Crippen LogP contribution in [0.1, 0.15) is 61.8 Å². The Bertz CT molecular complexity index is 671. The molecule has 0 amide bonds. The average molecular weight is 286 g/mol. The molecule has 0 radical (unpaired) electrons. The van der Waals surface area contributed by atoms with E-state index in [1.807, 2.05) is 12.1 Å². The van der Waals surface area contributed by atoms with Gasteiger partial charge in [-0.3, -0.25) is 0 Å². The Morgan fingerprint density at radius 1 is 1.48 bits per heavy atom. The number of hydrogen-bond acceptors (Lipinski definition) is 2. The van der Waals surface area contributed by atoms with Crippen LogP contribution in [0.3, 0.4) is 0 Å². The first-order valence-electron chi connectivity index (χ1n) is 7.86. The molecule has 2 aromatic rings. The molecule has 112 valence electrons. The third kappa shape index (κ3) is 2.33. The molecular formula is C17H22N2O2. The Hall–Kier alpha value is -1.84. The second-order valence-electron chi connectivity index (χ2n) is 6.06. The molecule has 1 heterocycles. The van der Waals surface area contributed by atoms with Crippen molar-refractivity contribution >= 4 is 17.0 Å². The number of carboxylic acids is 1. The zero-order chi connectivity index (χ0) is 15.0. The van der Waals surface area contributed by atoms with Crippen LogP contribution in [0.4, 0.5) is 0 Å². The highest BCUT2D eigenvalue weighted by Crippen LogP contribution is 2.38. The van der Waals surface area contributed by atoms with Crippen molar-refractivity contribution in [1.29, 1.82) is 0 Å². The quantitative estimate of drug-likeness (QED) is 0.902. The van der Waals surface area contributed by atoms with E-state index in [1.165, 1.54) is 19.3 Å². The molecule has 1 aromatic heterocycles. The van der Waals surface area contributed by atoms with E-state index in [4.69, 9.17) is 0 Å². The lowest BCUT2D eigenvalue weighted by atomic mass is 9.80. The van der Waals surface area contributed by atoms with Crippen molar-refractivity contribution in [3.8, 4) is 0 Å². The number of fused-ring (bicyclic) bond motifs is 1. The molecule has 0 aliphatic heterocycles. The summed E-state index contributed by atoms with van der Waals surface area (Å²) in [6.45, 7) is 4.38. The van der Waals surface area contributed by atoms with Crippen LogP contribution in [0.2, 0.25) is 0 Å². The van der Waals surface area contributed by atoms with Gasteiger partial charge in [0, 0.05) is 12.5 Å². The summed E-state index contributed by atoms with van der Waals surface area (Å²) in [5.41, 5.74) is 1.92. The zero-order valence-corrected chi connectivity index (χ0v) is 12.7. The number of benzene rings is 1. The molecule has 0 spiro atoms. The number of carbonyl (C=O) groups is 1. The first kappa shape index (κ1) is 14.1. The molecular weight excluding hydrogens is 264 g/mol. The van der Waals surface area contributed by atoms with Crippen LogP contribution in [0, 0.1) is 5.92 Å². The van der Waals surface area contributed by atoms with Gasteiger partial charge in [-0.05, 0) is 44.2 Å². The first-order valence-corrected chi connectivity index (χ1v) is 7.86. The number of rotatable bonds is 5. The topological polar surface area (TPSA) is 55.1 Å². The van der Waals surface area contributed by atoms with Crippen LogP contribution in [-0.4, -0.2) is 20.6 Å². The van der Waals surface area contributed by atoms with E-state index in [2.05, 4.69) is 23.4 Å². The molecule has 1 aliphatic rings. The maximum Gasteiger partial charge on any atom is 0.337 e. The smallest absolute Gasteiger partial charge is 0.337 e. The van der Waals surface area contributed by atoms with Gasteiger partial charge in [0.05, 0.1) is 11.1 Å². The Kier molecular flexibility index (Phi) is 3.70. The highest BCUT2D eigenvalue weighted by molar-refractivity contribution is 6.01. The van der Waals surface area contributed by atoms with Gasteiger partial charge >= 0.3 is 5.97 Å². The van der Waals surface area contributed by atoms with Gasteiger partial charge in [-0.2, -0.15) is 0 Å². The van der Waals surface area contributed by atoms with Gasteiger partial charge < -0.3 is 9.67 Å². The van der Waals surface area contributed by atoms with E-state index in [0.29, 0.717) is 23.0 Å². The summed E-state index contributed by atoms with van der Waals surface area (Å²) in [7, 11) is 0. The summed E-state index contributed by atoms with van der Waals surface area (Å²) in [5.74, 6) is 0.830. The second-order valence-corrected chi connectivity index (χ2v) is 6.06. The molecule has 1 N–H and O–H groups in total. The minimum atomic E-state index is -0.899. The van der Waals surface area contributed by atoms with E-state index in [0.717, 1.165) is 24.2 Å². The molecule has 0 saturated heterocycles. The number of aromatic nitrogens is 2. The normalized spacial score (nSPS) is 16.9. The predicted molar refractivity (Wildman–Crippen MR) is 82.7 cm³/mol. The third-order valence-electron chi connectivity index (χ3n) is 4.74.